The van der Waals surface area contributed by atoms with Gasteiger partial charge in [0.15, 0.2) is 18.3 Å². The number of fused-ring (bicyclic) bond motifs is 1. The molecule has 0 saturated heterocycles. The summed E-state index contributed by atoms with van der Waals surface area (Å²) in [6.07, 6.45) is 0. The first kappa shape index (κ1) is 18.8. The first-order valence-electron chi connectivity index (χ1n) is 7.29. The smallest absolute Gasteiger partial charge is 0.350 e. The molecule has 0 fully saturated rings. The number of nitrogens with zero attached hydrogens (tertiary/aromatic N) is 2. The molecule has 0 bridgehead atoms. The van der Waals surface area contributed by atoms with Crippen molar-refractivity contribution in [2.45, 2.75) is 12.8 Å². The molecule has 1 aromatic carbocycles. The highest BCUT2D eigenvalue weighted by atomic mass is 35.5. The van der Waals surface area contributed by atoms with E-state index in [2.05, 4.69) is 4.98 Å². The summed E-state index contributed by atoms with van der Waals surface area (Å²) in [6.45, 7) is 1.25. The van der Waals surface area contributed by atoms with Crippen molar-refractivity contribution in [2.24, 2.45) is 0 Å². The van der Waals surface area contributed by atoms with Crippen LogP contribution in [0.15, 0.2) is 23.6 Å². The Kier molecular flexibility index (Phi) is 5.58. The van der Waals surface area contributed by atoms with Crippen LogP contribution in [0.4, 0.5) is 0 Å². The van der Waals surface area contributed by atoms with E-state index < -0.39 is 24.3 Å². The summed E-state index contributed by atoms with van der Waals surface area (Å²) < 4.78 is 5.82. The lowest BCUT2D eigenvalue weighted by Crippen LogP contribution is -2.19. The molecule has 3 aromatic rings. The second kappa shape index (κ2) is 7.72. The zero-order valence-electron chi connectivity index (χ0n) is 13.3. The maximum Gasteiger partial charge on any atom is 0.350 e. The molecule has 0 aliphatic carbocycles. The Balaban J connectivity index is 1.73. The minimum Gasteiger partial charge on any atom is -0.453 e. The molecule has 26 heavy (non-hydrogen) atoms. The molecule has 0 radical (unpaired) electrons. The second-order valence-corrected chi connectivity index (χ2v) is 8.07. The van der Waals surface area contributed by atoms with Gasteiger partial charge in [-0.25, -0.2) is 9.78 Å². The number of Topliss-reactive ketones (excluding diaryl/α,β-unsaturated/α-hetero) is 1. The van der Waals surface area contributed by atoms with Gasteiger partial charge in [0.1, 0.15) is 9.88 Å². The maximum atomic E-state index is 12.3. The van der Waals surface area contributed by atoms with E-state index in [1.54, 1.807) is 30.5 Å². The molecule has 0 unspecified atom stereocenters. The first-order valence-corrected chi connectivity index (χ1v) is 9.75. The highest BCUT2D eigenvalue weighted by Gasteiger charge is 2.26. The van der Waals surface area contributed by atoms with Crippen LogP contribution >= 0.6 is 45.9 Å². The number of aryl methyl sites for hydroxylation is 1. The van der Waals surface area contributed by atoms with Gasteiger partial charge in [0.25, 0.3) is 0 Å². The third-order valence-corrected chi connectivity index (χ3v) is 6.36. The Hall–Kier alpha value is -1.98. The topological polar surface area (TPSA) is 80.0 Å². The van der Waals surface area contributed by atoms with Crippen molar-refractivity contribution >= 4 is 67.7 Å². The maximum absolute atomic E-state index is 12.3. The van der Waals surface area contributed by atoms with Gasteiger partial charge in [0.2, 0.25) is 0 Å². The number of thiophene rings is 1. The number of hydrogen-bond donors (Lipinski definition) is 0. The van der Waals surface area contributed by atoms with Crippen molar-refractivity contribution in [3.8, 4) is 6.07 Å². The van der Waals surface area contributed by atoms with Gasteiger partial charge in [0, 0.05) is 26.2 Å². The van der Waals surface area contributed by atoms with Crippen LogP contribution < -0.4 is 0 Å². The number of aromatic nitrogens is 1. The van der Waals surface area contributed by atoms with E-state index in [1.807, 2.05) is 6.07 Å². The summed E-state index contributed by atoms with van der Waals surface area (Å²) >= 11 is 14.5. The summed E-state index contributed by atoms with van der Waals surface area (Å²) in [5, 5.41) is 12.8. The normalized spacial score (nSPS) is 11.9. The fourth-order valence-corrected chi connectivity index (χ4v) is 4.76. The van der Waals surface area contributed by atoms with Crippen LogP contribution in [0, 0.1) is 18.3 Å². The largest absolute Gasteiger partial charge is 0.453 e. The lowest BCUT2D eigenvalue weighted by atomic mass is 10.1. The first-order chi connectivity index (χ1) is 12.4. The number of nitriles is 1. The molecule has 0 amide bonds. The minimum absolute atomic E-state index is 0.190. The Morgan fingerprint density at radius 1 is 1.38 bits per heavy atom. The number of ether oxygens (including phenoxy) is 1. The van der Waals surface area contributed by atoms with Crippen LogP contribution in [0.1, 0.15) is 26.3 Å². The number of ketones is 1. The number of rotatable bonds is 5. The molecule has 1 atom stereocenters. The predicted octanol–water partition coefficient (Wildman–Crippen LogP) is 5.01. The SMILES string of the molecule is Cc1csc([C@H](C#N)C(=O)COC(=O)c2sc3cc(Cl)ccc3c2Cl)n1. The van der Waals surface area contributed by atoms with Crippen molar-refractivity contribution in [2.75, 3.05) is 6.61 Å². The molecule has 0 N–H and O–H groups in total. The molecule has 0 saturated carbocycles. The van der Waals surface area contributed by atoms with Crippen LogP contribution in [0.5, 0.6) is 0 Å². The van der Waals surface area contributed by atoms with Crippen molar-refractivity contribution in [1.82, 2.24) is 4.98 Å². The summed E-state index contributed by atoms with van der Waals surface area (Å²) in [6, 6.07) is 7.00. The van der Waals surface area contributed by atoms with E-state index >= 15 is 0 Å². The van der Waals surface area contributed by atoms with Gasteiger partial charge < -0.3 is 4.74 Å². The quantitative estimate of drug-likeness (QED) is 0.537. The van der Waals surface area contributed by atoms with Crippen LogP contribution in [0.25, 0.3) is 10.1 Å². The summed E-state index contributed by atoms with van der Waals surface area (Å²) in [5.74, 6) is -2.30. The van der Waals surface area contributed by atoms with E-state index in [0.29, 0.717) is 15.4 Å². The van der Waals surface area contributed by atoms with E-state index in [0.717, 1.165) is 21.7 Å². The van der Waals surface area contributed by atoms with Gasteiger partial charge in [-0.05, 0) is 19.1 Å². The Bertz CT molecular complexity index is 1050. The number of esters is 1. The molecule has 3 rings (SSSR count). The highest BCUT2D eigenvalue weighted by Crippen LogP contribution is 2.37. The molecule has 2 aromatic heterocycles. The monoisotopic (exact) mass is 424 g/mol. The zero-order chi connectivity index (χ0) is 18.8. The third-order valence-electron chi connectivity index (χ3n) is 3.46. The number of carbonyl (C=O) groups is 2. The van der Waals surface area contributed by atoms with Crippen molar-refractivity contribution in [3.63, 3.8) is 0 Å². The summed E-state index contributed by atoms with van der Waals surface area (Å²) in [7, 11) is 0. The Morgan fingerprint density at radius 2 is 2.15 bits per heavy atom. The van der Waals surface area contributed by atoms with Crippen molar-refractivity contribution in [1.29, 1.82) is 5.26 Å². The van der Waals surface area contributed by atoms with Gasteiger partial charge in [-0.1, -0.05) is 29.3 Å². The number of carbonyl (C=O) groups excluding carboxylic acids is 2. The molecule has 0 aliphatic rings. The summed E-state index contributed by atoms with van der Waals surface area (Å²) in [5.41, 5.74) is 0.728. The third kappa shape index (κ3) is 3.74. The number of halogens is 2. The fraction of sp³-hybridized carbons (Fsp3) is 0.176. The molecular formula is C17H10Cl2N2O3S2. The fourth-order valence-electron chi connectivity index (χ4n) is 2.23. The molecular weight excluding hydrogens is 415 g/mol. The van der Waals surface area contributed by atoms with E-state index in [4.69, 9.17) is 27.9 Å². The standard InChI is InChI=1S/C17H10Cl2N2O3S2/c1-8-7-25-16(21-8)11(5-20)12(22)6-24-17(23)15-14(19)10-3-2-9(18)4-13(10)26-15/h2-4,7,11H,6H2,1H3/t11-/m1/s1. The zero-order valence-corrected chi connectivity index (χ0v) is 16.4. The molecule has 132 valence electrons. The molecule has 9 heteroatoms. The number of hydrogen-bond acceptors (Lipinski definition) is 7. The van der Waals surface area contributed by atoms with Gasteiger partial charge in [-0.3, -0.25) is 4.79 Å². The van der Waals surface area contributed by atoms with Crippen LogP contribution in [-0.2, 0) is 9.53 Å². The van der Waals surface area contributed by atoms with Crippen LogP contribution in [0.3, 0.4) is 0 Å². The van der Waals surface area contributed by atoms with Crippen LogP contribution in [-0.4, -0.2) is 23.3 Å². The second-order valence-electron chi connectivity index (χ2n) is 5.32. The minimum atomic E-state index is -1.06. The van der Waals surface area contributed by atoms with Gasteiger partial charge >= 0.3 is 5.97 Å². The number of thiazole rings is 1. The van der Waals surface area contributed by atoms with Crippen molar-refractivity contribution < 1.29 is 14.3 Å². The Morgan fingerprint density at radius 3 is 2.81 bits per heavy atom. The van der Waals surface area contributed by atoms with E-state index in [1.165, 1.54) is 11.3 Å². The lowest BCUT2D eigenvalue weighted by Gasteiger charge is -2.06. The average Bonchev–Trinajstić information content (AvgIpc) is 3.17. The van der Waals surface area contributed by atoms with Gasteiger partial charge in [0.05, 0.1) is 11.1 Å². The van der Waals surface area contributed by atoms with Gasteiger partial charge in [-0.2, -0.15) is 5.26 Å². The molecule has 2 heterocycles. The molecule has 0 aliphatic heterocycles. The number of benzene rings is 1. The van der Waals surface area contributed by atoms with Gasteiger partial charge in [-0.15, -0.1) is 22.7 Å². The lowest BCUT2D eigenvalue weighted by molar-refractivity contribution is -0.122. The van der Waals surface area contributed by atoms with Crippen LogP contribution in [0.2, 0.25) is 10.0 Å². The van der Waals surface area contributed by atoms with E-state index in [-0.39, 0.29) is 9.90 Å². The predicted molar refractivity (Wildman–Crippen MR) is 102 cm³/mol. The summed E-state index contributed by atoms with van der Waals surface area (Å²) in [4.78, 5) is 28.9. The Labute approximate surface area is 166 Å². The molecule has 5 nitrogen and oxygen atoms in total. The molecule has 0 spiro atoms. The van der Waals surface area contributed by atoms with E-state index in [9.17, 15) is 14.9 Å². The average molecular weight is 425 g/mol. The highest BCUT2D eigenvalue weighted by molar-refractivity contribution is 7.21. The van der Waals surface area contributed by atoms with Crippen molar-refractivity contribution in [3.05, 3.63) is 49.2 Å².